The summed E-state index contributed by atoms with van der Waals surface area (Å²) in [4.78, 5) is 27.7. The molecule has 3 rings (SSSR count). The number of amides is 1. The molecule has 1 atom stereocenters. The van der Waals surface area contributed by atoms with Crippen molar-refractivity contribution in [1.82, 2.24) is 15.0 Å². The van der Waals surface area contributed by atoms with Crippen LogP contribution >= 0.6 is 11.3 Å². The van der Waals surface area contributed by atoms with Crippen molar-refractivity contribution in [3.63, 3.8) is 0 Å². The van der Waals surface area contributed by atoms with E-state index < -0.39 is 6.09 Å². The van der Waals surface area contributed by atoms with Gasteiger partial charge in [0.1, 0.15) is 0 Å². The third-order valence-corrected chi connectivity index (χ3v) is 6.39. The maximum atomic E-state index is 11.5. The van der Waals surface area contributed by atoms with E-state index in [2.05, 4.69) is 31.1 Å². The fourth-order valence-electron chi connectivity index (χ4n) is 3.16. The SMILES string of the molecule is CCc1nc(C(C)CC)c(-c2ccnc(Nc3ccc(N(CCOC)C(=O)O)cc3)n2)s1. The maximum absolute atomic E-state index is 11.5. The topological polar surface area (TPSA) is 100 Å². The van der Waals surface area contributed by atoms with Crippen LogP contribution in [0.15, 0.2) is 36.5 Å². The van der Waals surface area contributed by atoms with E-state index in [0.29, 0.717) is 24.2 Å². The second kappa shape index (κ2) is 11.0. The van der Waals surface area contributed by atoms with Gasteiger partial charge in [-0.2, -0.15) is 0 Å². The first-order valence-electron chi connectivity index (χ1n) is 10.7. The Balaban J connectivity index is 1.81. The van der Waals surface area contributed by atoms with Gasteiger partial charge in [-0.3, -0.25) is 4.90 Å². The lowest BCUT2D eigenvalue weighted by molar-refractivity contribution is 0.186. The number of hydrogen-bond donors (Lipinski definition) is 2. The molecule has 0 saturated heterocycles. The smallest absolute Gasteiger partial charge is 0.411 e. The number of methoxy groups -OCH3 is 1. The van der Waals surface area contributed by atoms with Crippen LogP contribution in [0.2, 0.25) is 0 Å². The largest absolute Gasteiger partial charge is 0.465 e. The molecule has 2 N–H and O–H groups in total. The molecule has 0 aliphatic carbocycles. The number of aryl methyl sites for hydroxylation is 1. The highest BCUT2D eigenvalue weighted by Crippen LogP contribution is 2.35. The molecule has 32 heavy (non-hydrogen) atoms. The van der Waals surface area contributed by atoms with Gasteiger partial charge in [0.2, 0.25) is 5.95 Å². The Kier molecular flexibility index (Phi) is 8.13. The standard InChI is InChI=1S/C23H29N5O3S/c1-5-15(3)20-21(32-19(6-2)27-20)18-11-12-24-22(26-18)25-16-7-9-17(10-8-16)28(23(29)30)13-14-31-4/h7-12,15H,5-6,13-14H2,1-4H3,(H,29,30)(H,24,25,26). The lowest BCUT2D eigenvalue weighted by Crippen LogP contribution is -2.32. The Morgan fingerprint density at radius 3 is 2.59 bits per heavy atom. The number of ether oxygens (including phenoxy) is 1. The number of anilines is 3. The molecule has 1 aromatic carbocycles. The zero-order valence-corrected chi connectivity index (χ0v) is 19.6. The average Bonchev–Trinajstić information content (AvgIpc) is 3.24. The van der Waals surface area contributed by atoms with Crippen molar-refractivity contribution in [3.8, 4) is 10.6 Å². The molecule has 0 aliphatic rings. The quantitative estimate of drug-likeness (QED) is 0.413. The molecule has 2 aromatic heterocycles. The summed E-state index contributed by atoms with van der Waals surface area (Å²) >= 11 is 1.69. The number of thiazole rings is 1. The molecule has 2 heterocycles. The van der Waals surface area contributed by atoms with Crippen LogP contribution in [0.4, 0.5) is 22.1 Å². The van der Waals surface area contributed by atoms with Gasteiger partial charge in [0.15, 0.2) is 0 Å². The summed E-state index contributed by atoms with van der Waals surface area (Å²) in [7, 11) is 1.54. The van der Waals surface area contributed by atoms with Crippen molar-refractivity contribution >= 4 is 34.8 Å². The first kappa shape index (κ1) is 23.6. The minimum atomic E-state index is -1.02. The number of carboxylic acid groups (broad SMARTS) is 1. The third kappa shape index (κ3) is 5.60. The van der Waals surface area contributed by atoms with Gasteiger partial charge < -0.3 is 15.2 Å². The monoisotopic (exact) mass is 455 g/mol. The van der Waals surface area contributed by atoms with Gasteiger partial charge in [-0.05, 0) is 49.1 Å². The third-order valence-electron chi connectivity index (χ3n) is 5.15. The molecular weight excluding hydrogens is 426 g/mol. The molecule has 0 radical (unpaired) electrons. The van der Waals surface area contributed by atoms with Gasteiger partial charge in [-0.25, -0.2) is 19.7 Å². The molecule has 170 valence electrons. The predicted molar refractivity (Wildman–Crippen MR) is 128 cm³/mol. The van der Waals surface area contributed by atoms with Gasteiger partial charge in [-0.15, -0.1) is 11.3 Å². The number of nitrogens with zero attached hydrogens (tertiary/aromatic N) is 4. The van der Waals surface area contributed by atoms with E-state index in [1.807, 2.05) is 6.07 Å². The first-order valence-corrected chi connectivity index (χ1v) is 11.5. The molecule has 1 amide bonds. The van der Waals surface area contributed by atoms with Crippen molar-refractivity contribution in [3.05, 3.63) is 47.2 Å². The lowest BCUT2D eigenvalue weighted by Gasteiger charge is -2.19. The highest BCUT2D eigenvalue weighted by atomic mass is 32.1. The van der Waals surface area contributed by atoms with Gasteiger partial charge in [0, 0.05) is 24.7 Å². The van der Waals surface area contributed by atoms with E-state index in [1.165, 1.54) is 4.90 Å². The second-order valence-corrected chi connectivity index (χ2v) is 8.43. The molecule has 0 spiro atoms. The maximum Gasteiger partial charge on any atom is 0.411 e. The Morgan fingerprint density at radius 1 is 1.22 bits per heavy atom. The van der Waals surface area contributed by atoms with Crippen molar-refractivity contribution in [1.29, 1.82) is 0 Å². The van der Waals surface area contributed by atoms with E-state index in [0.717, 1.165) is 39.8 Å². The molecule has 0 bridgehead atoms. The summed E-state index contributed by atoms with van der Waals surface area (Å²) in [6.45, 7) is 7.05. The summed E-state index contributed by atoms with van der Waals surface area (Å²) in [6.07, 6.45) is 2.63. The lowest BCUT2D eigenvalue weighted by atomic mass is 10.0. The van der Waals surface area contributed by atoms with E-state index in [-0.39, 0.29) is 6.54 Å². The Labute approximate surface area is 192 Å². The Morgan fingerprint density at radius 2 is 1.97 bits per heavy atom. The van der Waals surface area contributed by atoms with Gasteiger partial charge in [0.05, 0.1) is 34.4 Å². The minimum Gasteiger partial charge on any atom is -0.465 e. The number of hydrogen-bond acceptors (Lipinski definition) is 7. The summed E-state index contributed by atoms with van der Waals surface area (Å²) in [6, 6.07) is 9.01. The molecule has 9 heteroatoms. The number of nitrogens with one attached hydrogen (secondary N) is 1. The number of benzene rings is 1. The summed E-state index contributed by atoms with van der Waals surface area (Å²) in [5, 5.41) is 13.7. The van der Waals surface area contributed by atoms with Crippen LogP contribution in [0.25, 0.3) is 10.6 Å². The van der Waals surface area contributed by atoms with Crippen LogP contribution in [0, 0.1) is 0 Å². The van der Waals surface area contributed by atoms with Crippen LogP contribution in [0.5, 0.6) is 0 Å². The molecular formula is C23H29N5O3S. The number of carbonyl (C=O) groups is 1. The van der Waals surface area contributed by atoms with Crippen LogP contribution in [0.1, 0.15) is 43.8 Å². The van der Waals surface area contributed by atoms with Crippen molar-refractivity contribution in [2.45, 2.75) is 39.5 Å². The summed E-state index contributed by atoms with van der Waals surface area (Å²) in [5.74, 6) is 0.835. The van der Waals surface area contributed by atoms with E-state index in [9.17, 15) is 9.90 Å². The predicted octanol–water partition coefficient (Wildman–Crippen LogP) is 5.55. The van der Waals surface area contributed by atoms with E-state index in [4.69, 9.17) is 14.7 Å². The highest BCUT2D eigenvalue weighted by Gasteiger charge is 2.18. The zero-order chi connectivity index (χ0) is 23.1. The van der Waals surface area contributed by atoms with Crippen LogP contribution in [-0.4, -0.2) is 46.4 Å². The van der Waals surface area contributed by atoms with E-state index >= 15 is 0 Å². The molecule has 0 saturated carbocycles. The van der Waals surface area contributed by atoms with Crippen LogP contribution in [0.3, 0.4) is 0 Å². The Hall–Kier alpha value is -3.04. The van der Waals surface area contributed by atoms with Crippen LogP contribution in [-0.2, 0) is 11.2 Å². The molecule has 0 aliphatic heterocycles. The second-order valence-electron chi connectivity index (χ2n) is 7.35. The number of rotatable bonds is 10. The van der Waals surface area contributed by atoms with Crippen molar-refractivity contribution < 1.29 is 14.6 Å². The van der Waals surface area contributed by atoms with Crippen molar-refractivity contribution in [2.24, 2.45) is 0 Å². The molecule has 3 aromatic rings. The zero-order valence-electron chi connectivity index (χ0n) is 18.8. The fraction of sp³-hybridized carbons (Fsp3) is 0.391. The highest BCUT2D eigenvalue weighted by molar-refractivity contribution is 7.15. The van der Waals surface area contributed by atoms with Gasteiger partial charge >= 0.3 is 6.09 Å². The molecule has 0 fully saturated rings. The normalized spacial score (nSPS) is 11.9. The first-order chi connectivity index (χ1) is 15.5. The summed E-state index contributed by atoms with van der Waals surface area (Å²) in [5.41, 5.74) is 3.28. The van der Waals surface area contributed by atoms with Gasteiger partial charge in [0.25, 0.3) is 0 Å². The van der Waals surface area contributed by atoms with Crippen molar-refractivity contribution in [2.75, 3.05) is 30.5 Å². The summed E-state index contributed by atoms with van der Waals surface area (Å²) < 4.78 is 5.00. The van der Waals surface area contributed by atoms with Crippen LogP contribution < -0.4 is 10.2 Å². The molecule has 1 unspecified atom stereocenters. The molecule has 8 nitrogen and oxygen atoms in total. The number of aromatic nitrogens is 3. The Bertz CT molecular complexity index is 1040. The van der Waals surface area contributed by atoms with E-state index in [1.54, 1.807) is 48.9 Å². The fourth-order valence-corrected chi connectivity index (χ4v) is 4.25. The minimum absolute atomic E-state index is 0.261. The van der Waals surface area contributed by atoms with Gasteiger partial charge in [-0.1, -0.05) is 20.8 Å². The average molecular weight is 456 g/mol.